The fraction of sp³-hybridized carbons (Fsp3) is 0.368. The van der Waals surface area contributed by atoms with Crippen LogP contribution in [0.1, 0.15) is 72.1 Å². The Kier molecular flexibility index (Phi) is 21.1. The van der Waals surface area contributed by atoms with Gasteiger partial charge < -0.3 is 54.1 Å². The first-order chi connectivity index (χ1) is 46.9. The molecule has 6 aliphatic heterocycles. The highest BCUT2D eigenvalue weighted by molar-refractivity contribution is 5.96. The van der Waals surface area contributed by atoms with E-state index in [1.807, 2.05) is 82.0 Å². The average Bonchev–Trinajstić information content (AvgIpc) is 0.788. The van der Waals surface area contributed by atoms with Crippen molar-refractivity contribution in [1.82, 2.24) is 44.5 Å². The van der Waals surface area contributed by atoms with Crippen LogP contribution in [0.5, 0.6) is 11.8 Å². The zero-order valence-corrected chi connectivity index (χ0v) is 55.4. The first-order valence-electron chi connectivity index (χ1n) is 33.8. The molecule has 498 valence electrons. The maximum absolute atomic E-state index is 12.1. The molecule has 0 spiro atoms. The zero-order chi connectivity index (χ0) is 66.7. The van der Waals surface area contributed by atoms with E-state index in [4.69, 9.17) is 19.7 Å². The number of fused-ring (bicyclic) bond motifs is 5. The number of benzene rings is 4. The minimum atomic E-state index is -0.0317. The molecule has 0 aliphatic carbocycles. The van der Waals surface area contributed by atoms with Crippen LogP contribution in [0.15, 0.2) is 166 Å². The van der Waals surface area contributed by atoms with E-state index in [2.05, 4.69) is 128 Å². The molecule has 3 amide bonds. The van der Waals surface area contributed by atoms with Crippen molar-refractivity contribution in [2.75, 3.05) is 129 Å². The molecular weight excluding hydrogens is 1200 g/mol. The summed E-state index contributed by atoms with van der Waals surface area (Å²) in [5.41, 5.74) is 12.8. The first-order valence-corrected chi connectivity index (χ1v) is 33.8. The minimum Gasteiger partial charge on any atom is -0.508 e. The molecule has 0 radical (unpaired) electrons. The second-order valence-corrected chi connectivity index (χ2v) is 25.3. The molecule has 14 rings (SSSR count). The standard InChI is InChI=1S/C29H35N5O3.C24H25N5O.C23H28N4O2/c1-4-8-20(3)37-29-30-25-19-34(26-18-22(35)17-21-9-6-7-10-23(21)26)12-11-24(25)28(31-29)33-15-13-32(14-16-33)27(36)5-2;1-2-24(30)28-13-11-27(12-14-28)22-7-9-26-21-17-29(10-8-20(21)22)23-16-25-15-18-5-3-4-6-19(18)23;1-2-23(29)26-14-12-25(13-15-26)21-8-10-24-20-16-27(11-9-19(20)21)22(17-28)18-6-4-3-5-7-18/h5-7,9-10,17-18,20,35H,2,4,8,11-16,19H2,1,3H3;2-7,9,15-16H,1,8,10-14,17H2;2-8,10,22,28H,1,9,11-17H2. The molecule has 3 saturated heterocycles. The van der Waals surface area contributed by atoms with Crippen molar-refractivity contribution in [2.45, 2.75) is 77.7 Å². The molecule has 6 aliphatic rings. The maximum atomic E-state index is 12.1. The Morgan fingerprint density at radius 1 is 0.531 bits per heavy atom. The number of amides is 3. The summed E-state index contributed by atoms with van der Waals surface area (Å²) in [7, 11) is 0. The lowest BCUT2D eigenvalue weighted by Crippen LogP contribution is -2.49. The van der Waals surface area contributed by atoms with Gasteiger partial charge in [0.1, 0.15) is 11.6 Å². The Morgan fingerprint density at radius 2 is 1.04 bits per heavy atom. The van der Waals surface area contributed by atoms with Crippen LogP contribution in [0.2, 0.25) is 0 Å². The number of anilines is 5. The lowest BCUT2D eigenvalue weighted by atomic mass is 9.98. The van der Waals surface area contributed by atoms with Gasteiger partial charge in [0.2, 0.25) is 17.7 Å². The number of hydrogen-bond donors (Lipinski definition) is 2. The predicted octanol–water partition coefficient (Wildman–Crippen LogP) is 9.34. The molecule has 4 aromatic carbocycles. The van der Waals surface area contributed by atoms with Gasteiger partial charge >= 0.3 is 6.01 Å². The highest BCUT2D eigenvalue weighted by atomic mass is 16.5. The number of ether oxygens (including phenoxy) is 1. The highest BCUT2D eigenvalue weighted by Crippen LogP contribution is 2.39. The number of aliphatic hydroxyl groups is 1. The fourth-order valence-electron chi connectivity index (χ4n) is 14.4. The minimum absolute atomic E-state index is 0.00741. The molecule has 4 aromatic heterocycles. The van der Waals surface area contributed by atoms with Gasteiger partial charge in [0.15, 0.2) is 0 Å². The number of piperazine rings is 3. The summed E-state index contributed by atoms with van der Waals surface area (Å²) in [5, 5.41) is 24.9. The van der Waals surface area contributed by atoms with E-state index in [0.29, 0.717) is 51.8 Å². The Balaban J connectivity index is 0.000000139. The SMILES string of the molecule is C=CC(=O)N1CCN(c2ccnc3c2CCN(C(CO)c2ccccc2)C3)CC1.C=CC(=O)N1CCN(c2ccnc3c2CCN(c2cncc4ccccc24)C3)CC1.C=CC(=O)N1CCN(c2nc(OC(C)CCC)nc3c2CCN(c2cc(O)cc4ccccc24)C3)CC1. The van der Waals surface area contributed by atoms with Gasteiger partial charge in [0.25, 0.3) is 0 Å². The summed E-state index contributed by atoms with van der Waals surface area (Å²) in [5.74, 6) is 1.16. The molecule has 2 atom stereocenters. The Labute approximate surface area is 563 Å². The number of phenols is 1. The van der Waals surface area contributed by atoms with Gasteiger partial charge in [0.05, 0.1) is 60.8 Å². The van der Waals surface area contributed by atoms with Crippen LogP contribution in [-0.2, 0) is 53.3 Å². The molecule has 0 bridgehead atoms. The van der Waals surface area contributed by atoms with Crippen molar-refractivity contribution in [1.29, 1.82) is 0 Å². The average molecular weight is 1290 g/mol. The second kappa shape index (κ2) is 30.7. The van der Waals surface area contributed by atoms with Crippen molar-refractivity contribution >= 4 is 67.8 Å². The van der Waals surface area contributed by atoms with E-state index in [1.54, 1.807) is 6.07 Å². The molecular formula is C76H88N14O6. The van der Waals surface area contributed by atoms with Crippen LogP contribution in [0.25, 0.3) is 21.5 Å². The molecule has 20 nitrogen and oxygen atoms in total. The summed E-state index contributed by atoms with van der Waals surface area (Å²) in [6.07, 6.45) is 16.5. The van der Waals surface area contributed by atoms with Crippen LogP contribution >= 0.6 is 0 Å². The Morgan fingerprint density at radius 3 is 1.62 bits per heavy atom. The van der Waals surface area contributed by atoms with Gasteiger partial charge in [-0.3, -0.25) is 34.2 Å². The third-order valence-corrected chi connectivity index (χ3v) is 19.5. The van der Waals surface area contributed by atoms with Gasteiger partial charge in [-0.05, 0) is 85.5 Å². The van der Waals surface area contributed by atoms with Crippen molar-refractivity contribution in [3.63, 3.8) is 0 Å². The van der Waals surface area contributed by atoms with Crippen molar-refractivity contribution in [2.24, 2.45) is 0 Å². The summed E-state index contributed by atoms with van der Waals surface area (Å²) < 4.78 is 6.17. The largest absolute Gasteiger partial charge is 0.508 e. The number of hydrogen-bond acceptors (Lipinski definition) is 17. The van der Waals surface area contributed by atoms with E-state index >= 15 is 0 Å². The molecule has 2 unspecified atom stereocenters. The number of nitrogens with zero attached hydrogens (tertiary/aromatic N) is 14. The lowest BCUT2D eigenvalue weighted by Gasteiger charge is -2.39. The van der Waals surface area contributed by atoms with Gasteiger partial charge in [-0.25, -0.2) is 0 Å². The van der Waals surface area contributed by atoms with Gasteiger partial charge in [-0.15, -0.1) is 0 Å². The predicted molar refractivity (Wildman–Crippen MR) is 380 cm³/mol. The fourth-order valence-corrected chi connectivity index (χ4v) is 14.4. The Bertz CT molecular complexity index is 4090. The number of aromatic hydroxyl groups is 1. The van der Waals surface area contributed by atoms with E-state index in [1.165, 1.54) is 51.8 Å². The lowest BCUT2D eigenvalue weighted by molar-refractivity contribution is -0.127. The maximum Gasteiger partial charge on any atom is 0.318 e. The number of carbonyl (C=O) groups excluding carboxylic acids is 3. The quantitative estimate of drug-likeness (QED) is 0.0921. The van der Waals surface area contributed by atoms with Crippen molar-refractivity contribution in [3.05, 3.63) is 205 Å². The summed E-state index contributed by atoms with van der Waals surface area (Å²) in [6, 6.07) is 35.0. The van der Waals surface area contributed by atoms with E-state index in [0.717, 1.165) is 160 Å². The number of carbonyl (C=O) groups is 3. The second-order valence-electron chi connectivity index (χ2n) is 25.3. The molecule has 10 heterocycles. The van der Waals surface area contributed by atoms with E-state index in [-0.39, 0.29) is 42.2 Å². The number of phenolic OH excluding ortho intramolecular Hbond substituents is 1. The topological polar surface area (TPSA) is 195 Å². The summed E-state index contributed by atoms with van der Waals surface area (Å²) in [4.78, 5) is 79.0. The number of pyridine rings is 3. The summed E-state index contributed by atoms with van der Waals surface area (Å²) in [6.45, 7) is 28.7. The molecule has 96 heavy (non-hydrogen) atoms. The molecule has 8 aromatic rings. The third-order valence-electron chi connectivity index (χ3n) is 19.5. The van der Waals surface area contributed by atoms with Gasteiger partial charge in [-0.2, -0.15) is 9.97 Å². The number of rotatable bonds is 15. The molecule has 3 fully saturated rings. The monoisotopic (exact) mass is 1290 g/mol. The van der Waals surface area contributed by atoms with Crippen LogP contribution in [0.3, 0.4) is 0 Å². The van der Waals surface area contributed by atoms with E-state index < -0.39 is 0 Å². The normalized spacial score (nSPS) is 17.0. The number of aromatic nitrogens is 5. The smallest absolute Gasteiger partial charge is 0.318 e. The van der Waals surface area contributed by atoms with Crippen LogP contribution in [0, 0.1) is 0 Å². The van der Waals surface area contributed by atoms with Crippen LogP contribution in [0.4, 0.5) is 28.6 Å². The Hall–Kier alpha value is -9.92. The van der Waals surface area contributed by atoms with Crippen LogP contribution < -0.4 is 29.2 Å². The van der Waals surface area contributed by atoms with Gasteiger partial charge in [0, 0.05) is 174 Å². The number of aliphatic hydroxyl groups excluding tert-OH is 1. The molecule has 2 N–H and O–H groups in total. The van der Waals surface area contributed by atoms with Crippen molar-refractivity contribution < 1.29 is 29.3 Å². The first kappa shape index (κ1) is 66.1. The molecule has 20 heteroatoms. The van der Waals surface area contributed by atoms with Gasteiger partial charge in [-0.1, -0.05) is 112 Å². The van der Waals surface area contributed by atoms with Crippen LogP contribution in [-0.4, -0.2) is 183 Å². The molecule has 0 saturated carbocycles. The zero-order valence-electron chi connectivity index (χ0n) is 55.4. The highest BCUT2D eigenvalue weighted by Gasteiger charge is 2.33. The van der Waals surface area contributed by atoms with E-state index in [9.17, 15) is 24.6 Å². The van der Waals surface area contributed by atoms with Crippen molar-refractivity contribution in [3.8, 4) is 11.8 Å². The third kappa shape index (κ3) is 14.8. The summed E-state index contributed by atoms with van der Waals surface area (Å²) >= 11 is 0.